The maximum atomic E-state index is 11.0. The van der Waals surface area contributed by atoms with E-state index in [-0.39, 0.29) is 18.6 Å². The second-order valence-electron chi connectivity index (χ2n) is 9.88. The zero-order valence-electron chi connectivity index (χ0n) is 23.1. The standard InChI is InChI=1S/C34H39NO4/c1-26(22-34(28-14-18-31(37-2)19-15-28)29-16-20-32(38-3)21-17-29)35(23-27-10-6-4-7-11-27)24-30(36)25-39-33-12-8-5-9-13-33/h4-21,26,30,34,36H,22-25H2,1-3H3/t26-,30-/m0/s1. The Morgan fingerprint density at radius 1 is 0.667 bits per heavy atom. The molecule has 0 saturated heterocycles. The third kappa shape index (κ3) is 8.34. The van der Waals surface area contributed by atoms with Crippen LogP contribution in [0.1, 0.15) is 36.0 Å². The lowest BCUT2D eigenvalue weighted by Gasteiger charge is -2.34. The van der Waals surface area contributed by atoms with E-state index in [0.717, 1.165) is 30.2 Å². The largest absolute Gasteiger partial charge is 0.497 e. The number of benzene rings is 4. The highest BCUT2D eigenvalue weighted by Crippen LogP contribution is 2.33. The van der Waals surface area contributed by atoms with Gasteiger partial charge in [0, 0.05) is 25.0 Å². The average molecular weight is 526 g/mol. The van der Waals surface area contributed by atoms with Crippen LogP contribution in [-0.2, 0) is 6.54 Å². The number of rotatable bonds is 14. The van der Waals surface area contributed by atoms with E-state index in [2.05, 4.69) is 60.4 Å². The SMILES string of the molecule is COc1ccc(C(C[C@H](C)N(Cc2ccccc2)C[C@H](O)COc2ccccc2)c2ccc(OC)cc2)cc1. The van der Waals surface area contributed by atoms with Crippen LogP contribution in [0.3, 0.4) is 0 Å². The number of hydrogen-bond acceptors (Lipinski definition) is 5. The second-order valence-corrected chi connectivity index (χ2v) is 9.88. The fraction of sp³-hybridized carbons (Fsp3) is 0.294. The molecule has 4 rings (SSSR count). The predicted octanol–water partition coefficient (Wildman–Crippen LogP) is 6.56. The van der Waals surface area contributed by atoms with Crippen molar-refractivity contribution in [2.45, 2.75) is 38.0 Å². The van der Waals surface area contributed by atoms with Gasteiger partial charge < -0.3 is 19.3 Å². The molecular weight excluding hydrogens is 486 g/mol. The molecular formula is C34H39NO4. The van der Waals surface area contributed by atoms with E-state index in [9.17, 15) is 5.11 Å². The molecule has 0 spiro atoms. The number of ether oxygens (including phenoxy) is 3. The van der Waals surface area contributed by atoms with E-state index in [4.69, 9.17) is 14.2 Å². The summed E-state index contributed by atoms with van der Waals surface area (Å²) >= 11 is 0. The average Bonchev–Trinajstić information content (AvgIpc) is 2.99. The summed E-state index contributed by atoms with van der Waals surface area (Å²) in [6.45, 7) is 3.72. The van der Waals surface area contributed by atoms with Gasteiger partial charge in [-0.2, -0.15) is 0 Å². The van der Waals surface area contributed by atoms with Crippen molar-refractivity contribution in [3.05, 3.63) is 126 Å². The van der Waals surface area contributed by atoms with Gasteiger partial charge in [-0.3, -0.25) is 4.90 Å². The zero-order valence-corrected chi connectivity index (χ0v) is 23.1. The normalized spacial score (nSPS) is 12.8. The van der Waals surface area contributed by atoms with Crippen LogP contribution in [0, 0.1) is 0 Å². The van der Waals surface area contributed by atoms with Gasteiger partial charge in [-0.1, -0.05) is 72.8 Å². The Bertz CT molecular complexity index is 1180. The Hall–Kier alpha value is -3.80. The molecule has 5 nitrogen and oxygen atoms in total. The molecule has 0 bridgehead atoms. The van der Waals surface area contributed by atoms with Crippen LogP contribution in [0.2, 0.25) is 0 Å². The van der Waals surface area contributed by atoms with Gasteiger partial charge in [-0.25, -0.2) is 0 Å². The van der Waals surface area contributed by atoms with Crippen LogP contribution in [0.25, 0.3) is 0 Å². The maximum Gasteiger partial charge on any atom is 0.119 e. The number of nitrogens with zero attached hydrogens (tertiary/aromatic N) is 1. The molecule has 0 radical (unpaired) electrons. The topological polar surface area (TPSA) is 51.2 Å². The fourth-order valence-corrected chi connectivity index (χ4v) is 4.88. The first-order chi connectivity index (χ1) is 19.1. The Kier molecular flexibility index (Phi) is 10.4. The first-order valence-electron chi connectivity index (χ1n) is 13.5. The van der Waals surface area contributed by atoms with Gasteiger partial charge in [-0.15, -0.1) is 0 Å². The molecule has 0 aliphatic heterocycles. The van der Waals surface area contributed by atoms with E-state index in [1.54, 1.807) is 14.2 Å². The Morgan fingerprint density at radius 2 is 1.18 bits per heavy atom. The molecule has 0 aliphatic carbocycles. The minimum Gasteiger partial charge on any atom is -0.497 e. The van der Waals surface area contributed by atoms with Gasteiger partial charge in [-0.05, 0) is 66.4 Å². The summed E-state index contributed by atoms with van der Waals surface area (Å²) < 4.78 is 16.7. The maximum absolute atomic E-state index is 11.0. The molecule has 4 aromatic rings. The molecule has 4 aromatic carbocycles. The first-order valence-corrected chi connectivity index (χ1v) is 13.5. The summed E-state index contributed by atoms with van der Waals surface area (Å²) in [6, 6.07) is 36.9. The number of aliphatic hydroxyl groups is 1. The quantitative estimate of drug-likeness (QED) is 0.202. The van der Waals surface area contributed by atoms with Gasteiger partial charge >= 0.3 is 0 Å². The van der Waals surface area contributed by atoms with Gasteiger partial charge in [0.1, 0.15) is 30.0 Å². The molecule has 0 unspecified atom stereocenters. The summed E-state index contributed by atoms with van der Waals surface area (Å²) in [6.07, 6.45) is 0.245. The highest BCUT2D eigenvalue weighted by atomic mass is 16.5. The lowest BCUT2D eigenvalue weighted by Crippen LogP contribution is -2.41. The summed E-state index contributed by atoms with van der Waals surface area (Å²) in [5.41, 5.74) is 3.66. The lowest BCUT2D eigenvalue weighted by molar-refractivity contribution is 0.0490. The Labute approximate surface area is 232 Å². The van der Waals surface area contributed by atoms with E-state index in [1.165, 1.54) is 16.7 Å². The molecule has 0 heterocycles. The monoisotopic (exact) mass is 525 g/mol. The zero-order chi connectivity index (χ0) is 27.5. The summed E-state index contributed by atoms with van der Waals surface area (Å²) in [5, 5.41) is 11.0. The highest BCUT2D eigenvalue weighted by Gasteiger charge is 2.24. The van der Waals surface area contributed by atoms with Crippen LogP contribution in [0.5, 0.6) is 17.2 Å². The van der Waals surface area contributed by atoms with Crippen LogP contribution >= 0.6 is 0 Å². The van der Waals surface area contributed by atoms with Crippen molar-refractivity contribution in [3.63, 3.8) is 0 Å². The van der Waals surface area contributed by atoms with Crippen molar-refractivity contribution in [1.82, 2.24) is 4.90 Å². The fourth-order valence-electron chi connectivity index (χ4n) is 4.88. The first kappa shape index (κ1) is 28.2. The van der Waals surface area contributed by atoms with Gasteiger partial charge in [0.05, 0.1) is 14.2 Å². The number of methoxy groups -OCH3 is 2. The minimum absolute atomic E-state index is 0.160. The summed E-state index contributed by atoms with van der Waals surface area (Å²) in [7, 11) is 3.37. The Morgan fingerprint density at radius 3 is 1.69 bits per heavy atom. The summed E-state index contributed by atoms with van der Waals surface area (Å²) in [5.74, 6) is 2.60. The van der Waals surface area contributed by atoms with Gasteiger partial charge in [0.2, 0.25) is 0 Å². The van der Waals surface area contributed by atoms with Crippen LogP contribution in [0.4, 0.5) is 0 Å². The lowest BCUT2D eigenvalue weighted by atomic mass is 9.85. The molecule has 0 amide bonds. The van der Waals surface area contributed by atoms with E-state index < -0.39 is 6.10 Å². The summed E-state index contributed by atoms with van der Waals surface area (Å²) in [4.78, 5) is 2.36. The van der Waals surface area contributed by atoms with Crippen LogP contribution in [-0.4, -0.2) is 49.5 Å². The molecule has 2 atom stereocenters. The van der Waals surface area contributed by atoms with Crippen molar-refractivity contribution in [2.75, 3.05) is 27.4 Å². The second kappa shape index (κ2) is 14.4. The molecule has 0 aromatic heterocycles. The molecule has 204 valence electrons. The number of aliphatic hydroxyl groups excluding tert-OH is 1. The van der Waals surface area contributed by atoms with Crippen molar-refractivity contribution >= 4 is 0 Å². The predicted molar refractivity (Wildman–Crippen MR) is 157 cm³/mol. The third-order valence-electron chi connectivity index (χ3n) is 7.10. The molecule has 1 N–H and O–H groups in total. The van der Waals surface area contributed by atoms with E-state index >= 15 is 0 Å². The van der Waals surface area contributed by atoms with Gasteiger partial charge in [0.15, 0.2) is 0 Å². The van der Waals surface area contributed by atoms with E-state index in [0.29, 0.717) is 6.54 Å². The van der Waals surface area contributed by atoms with Gasteiger partial charge in [0.25, 0.3) is 0 Å². The molecule has 0 aliphatic rings. The van der Waals surface area contributed by atoms with Crippen molar-refractivity contribution in [1.29, 1.82) is 0 Å². The minimum atomic E-state index is -0.628. The van der Waals surface area contributed by atoms with Crippen molar-refractivity contribution < 1.29 is 19.3 Å². The highest BCUT2D eigenvalue weighted by molar-refractivity contribution is 5.38. The number of para-hydroxylation sites is 1. The Balaban J connectivity index is 1.55. The van der Waals surface area contributed by atoms with Crippen molar-refractivity contribution in [2.24, 2.45) is 0 Å². The van der Waals surface area contributed by atoms with Crippen molar-refractivity contribution in [3.8, 4) is 17.2 Å². The third-order valence-corrected chi connectivity index (χ3v) is 7.10. The smallest absolute Gasteiger partial charge is 0.119 e. The van der Waals surface area contributed by atoms with Crippen LogP contribution < -0.4 is 14.2 Å². The number of hydrogen-bond donors (Lipinski definition) is 1. The molecule has 39 heavy (non-hydrogen) atoms. The molecule has 0 fully saturated rings. The molecule has 5 heteroatoms. The van der Waals surface area contributed by atoms with Crippen LogP contribution in [0.15, 0.2) is 109 Å². The molecule has 0 saturated carbocycles. The van der Waals surface area contributed by atoms with E-state index in [1.807, 2.05) is 60.7 Å².